The van der Waals surface area contributed by atoms with E-state index in [4.69, 9.17) is 0 Å². The van der Waals surface area contributed by atoms with E-state index >= 15 is 4.39 Å². The lowest BCUT2D eigenvalue weighted by Gasteiger charge is -2.36. The zero-order valence-electron chi connectivity index (χ0n) is 22.0. The topological polar surface area (TPSA) is 78.4 Å². The van der Waals surface area contributed by atoms with Crippen LogP contribution >= 0.6 is 11.3 Å². The van der Waals surface area contributed by atoms with E-state index in [1.807, 2.05) is 20.9 Å². The number of thiophene rings is 1. The lowest BCUT2D eigenvalue weighted by Crippen LogP contribution is -2.41. The molecule has 2 aromatic heterocycles. The van der Waals surface area contributed by atoms with Gasteiger partial charge in [0.05, 0.1) is 26.9 Å². The van der Waals surface area contributed by atoms with Gasteiger partial charge in [-0.25, -0.2) is 4.39 Å². The molecule has 0 saturated carbocycles. The van der Waals surface area contributed by atoms with Gasteiger partial charge in [0.15, 0.2) is 11.6 Å². The number of Topliss-reactive ketones (excluding diaryl/α,β-unsaturated/α-hetero) is 1. The molecule has 0 unspecified atom stereocenters. The van der Waals surface area contributed by atoms with E-state index in [1.165, 1.54) is 23.5 Å². The summed E-state index contributed by atoms with van der Waals surface area (Å²) in [7, 11) is 2.05. The molecule has 1 atom stereocenters. The Labute approximate surface area is 218 Å². The first-order chi connectivity index (χ1) is 17.2. The summed E-state index contributed by atoms with van der Waals surface area (Å²) in [6, 6.07) is 4.79. The number of nitrogens with zero attached hydrogens (tertiary/aromatic N) is 3. The van der Waals surface area contributed by atoms with Crippen molar-refractivity contribution in [1.82, 2.24) is 15.1 Å². The van der Waals surface area contributed by atoms with E-state index in [-0.39, 0.29) is 11.3 Å². The van der Waals surface area contributed by atoms with Crippen molar-refractivity contribution in [2.45, 2.75) is 65.0 Å². The average Bonchev–Trinajstić information content (AvgIpc) is 3.28. The Morgan fingerprint density at radius 2 is 1.89 bits per heavy atom. The van der Waals surface area contributed by atoms with Gasteiger partial charge in [0.2, 0.25) is 0 Å². The number of halogens is 3. The highest BCUT2D eigenvalue weighted by atomic mass is 32.1. The summed E-state index contributed by atoms with van der Waals surface area (Å²) in [5, 5.41) is 22.2. The molecule has 3 aromatic rings. The molecule has 1 fully saturated rings. The number of likely N-dealkylation sites (tertiary alicyclic amines) is 1. The molecule has 37 heavy (non-hydrogen) atoms. The van der Waals surface area contributed by atoms with Gasteiger partial charge in [0.25, 0.3) is 0 Å². The highest BCUT2D eigenvalue weighted by Gasteiger charge is 2.49. The van der Waals surface area contributed by atoms with E-state index in [9.17, 15) is 18.7 Å². The number of rotatable bonds is 7. The first kappa shape index (κ1) is 27.5. The van der Waals surface area contributed by atoms with Crippen LogP contribution in [0.1, 0.15) is 73.1 Å². The van der Waals surface area contributed by atoms with Crippen LogP contribution in [0.5, 0.6) is 0 Å². The molecule has 1 aromatic carbocycles. The Bertz CT molecular complexity index is 1330. The predicted molar refractivity (Wildman–Crippen MR) is 140 cm³/mol. The predicted octanol–water partition coefficient (Wildman–Crippen LogP) is 6.09. The monoisotopic (exact) mass is 534 g/mol. The molecular weight excluding hydrogens is 501 g/mol. The first-order valence-electron chi connectivity index (χ1n) is 12.3. The lowest BCUT2D eigenvalue weighted by molar-refractivity contribution is -0.170. The van der Waals surface area contributed by atoms with E-state index in [1.54, 1.807) is 13.0 Å². The number of ketones is 1. The number of aryl methyl sites for hydroxylation is 1. The van der Waals surface area contributed by atoms with Gasteiger partial charge in [-0.1, -0.05) is 19.1 Å². The quantitative estimate of drug-likeness (QED) is 0.357. The zero-order valence-corrected chi connectivity index (χ0v) is 22.8. The van der Waals surface area contributed by atoms with E-state index < -0.39 is 34.4 Å². The second-order valence-corrected chi connectivity index (χ2v) is 11.9. The molecule has 2 N–H and O–H groups in total. The van der Waals surface area contributed by atoms with Crippen molar-refractivity contribution in [3.05, 3.63) is 51.8 Å². The molecule has 4 rings (SSSR count). The number of piperidine rings is 1. The molecule has 200 valence electrons. The highest BCUT2D eigenvalue weighted by Crippen LogP contribution is 2.42. The van der Waals surface area contributed by atoms with Crippen LogP contribution in [0.4, 0.5) is 19.0 Å². The number of aromatic nitrogens is 2. The molecular formula is C27H33F3N4O2S. The second-order valence-electron chi connectivity index (χ2n) is 10.9. The molecule has 0 spiro atoms. The van der Waals surface area contributed by atoms with Crippen molar-refractivity contribution in [1.29, 1.82) is 0 Å². The Hall–Kier alpha value is -2.56. The number of fused-ring (bicyclic) bond motifs is 1. The number of carbonyl (C=O) groups excluding carboxylic acids is 1. The van der Waals surface area contributed by atoms with Gasteiger partial charge >= 0.3 is 5.92 Å². The molecule has 0 aliphatic carbocycles. The van der Waals surface area contributed by atoms with Crippen molar-refractivity contribution < 1.29 is 23.1 Å². The number of hydrogen-bond acceptors (Lipinski definition) is 7. The summed E-state index contributed by atoms with van der Waals surface area (Å²) in [5.41, 5.74) is -3.09. The minimum atomic E-state index is -3.80. The van der Waals surface area contributed by atoms with Gasteiger partial charge in [-0.3, -0.25) is 4.79 Å². The van der Waals surface area contributed by atoms with Crippen LogP contribution in [0.2, 0.25) is 0 Å². The Balaban J connectivity index is 1.67. The van der Waals surface area contributed by atoms with Gasteiger partial charge in [-0.05, 0) is 72.8 Å². The molecule has 0 amide bonds. The third-order valence-electron chi connectivity index (χ3n) is 7.43. The molecule has 1 aliphatic rings. The number of carbonyl (C=O) groups is 1. The van der Waals surface area contributed by atoms with Crippen LogP contribution in [0.25, 0.3) is 10.1 Å². The third-order valence-corrected chi connectivity index (χ3v) is 8.68. The molecule has 6 nitrogen and oxygen atoms in total. The van der Waals surface area contributed by atoms with Crippen molar-refractivity contribution >= 4 is 33.0 Å². The fourth-order valence-corrected chi connectivity index (χ4v) is 5.84. The number of anilines is 1. The van der Waals surface area contributed by atoms with Crippen molar-refractivity contribution in [2.75, 3.05) is 25.5 Å². The van der Waals surface area contributed by atoms with Gasteiger partial charge in [-0.15, -0.1) is 16.4 Å². The molecule has 1 saturated heterocycles. The Kier molecular flexibility index (Phi) is 7.15. The Morgan fingerprint density at radius 1 is 1.24 bits per heavy atom. The van der Waals surface area contributed by atoms with Crippen LogP contribution < -0.4 is 5.32 Å². The number of hydrogen-bond donors (Lipinski definition) is 2. The molecule has 1 aliphatic heterocycles. The number of alkyl halides is 2. The van der Waals surface area contributed by atoms with E-state index in [2.05, 4.69) is 20.4 Å². The van der Waals surface area contributed by atoms with E-state index in [0.717, 1.165) is 50.5 Å². The maximum absolute atomic E-state index is 15.3. The summed E-state index contributed by atoms with van der Waals surface area (Å²) in [6.45, 7) is 9.06. The summed E-state index contributed by atoms with van der Waals surface area (Å²) in [5.74, 6) is -4.46. The van der Waals surface area contributed by atoms with Crippen LogP contribution in [-0.4, -0.2) is 51.7 Å². The number of benzene rings is 1. The maximum Gasteiger partial charge on any atom is 0.303 e. The minimum Gasteiger partial charge on any atom is -0.384 e. The summed E-state index contributed by atoms with van der Waals surface area (Å²) >= 11 is 1.37. The fraction of sp³-hybridized carbons (Fsp3) is 0.519. The lowest BCUT2D eigenvalue weighted by atomic mass is 9.76. The summed E-state index contributed by atoms with van der Waals surface area (Å²) in [6.07, 6.45) is 1.55. The number of aliphatic hydroxyl groups is 1. The van der Waals surface area contributed by atoms with E-state index in [0.29, 0.717) is 21.8 Å². The third kappa shape index (κ3) is 4.98. The molecule has 0 bridgehead atoms. The Morgan fingerprint density at radius 3 is 2.51 bits per heavy atom. The van der Waals surface area contributed by atoms with Crippen molar-refractivity contribution in [3.8, 4) is 0 Å². The normalized spacial score (nSPS) is 17.7. The molecule has 10 heteroatoms. The number of nitrogens with one attached hydrogen (secondary N) is 1. The zero-order chi connectivity index (χ0) is 27.3. The smallest absolute Gasteiger partial charge is 0.303 e. The van der Waals surface area contributed by atoms with Crippen LogP contribution in [0.15, 0.2) is 24.3 Å². The van der Waals surface area contributed by atoms with Gasteiger partial charge in [0, 0.05) is 16.4 Å². The maximum atomic E-state index is 15.3. The summed E-state index contributed by atoms with van der Waals surface area (Å²) in [4.78, 5) is 16.3. The van der Waals surface area contributed by atoms with Crippen LogP contribution in [0, 0.1) is 18.2 Å². The van der Waals surface area contributed by atoms with Crippen LogP contribution in [-0.2, 0) is 5.92 Å². The molecule has 3 heterocycles. The van der Waals surface area contributed by atoms with Crippen LogP contribution in [0.3, 0.4) is 0 Å². The van der Waals surface area contributed by atoms with Gasteiger partial charge in [0.1, 0.15) is 11.4 Å². The van der Waals surface area contributed by atoms with Crippen molar-refractivity contribution in [3.63, 3.8) is 0 Å². The highest BCUT2D eigenvalue weighted by molar-refractivity contribution is 7.21. The van der Waals surface area contributed by atoms with Gasteiger partial charge < -0.3 is 15.3 Å². The van der Waals surface area contributed by atoms with Gasteiger partial charge in [-0.2, -0.15) is 13.9 Å². The molecule has 0 radical (unpaired) electrons. The second kappa shape index (κ2) is 9.63. The fourth-order valence-electron chi connectivity index (χ4n) is 4.65. The minimum absolute atomic E-state index is 0.00214. The average molecular weight is 535 g/mol. The largest absolute Gasteiger partial charge is 0.384 e. The SMILES string of the molecule is Cc1nnc(N[C@H](C)c2cccc(C(F)(F)C(C)(C)O)c2F)c2cc(C(=O)C3(C)CCN(C)CC3)sc12. The van der Waals surface area contributed by atoms with Crippen molar-refractivity contribution in [2.24, 2.45) is 5.41 Å². The summed E-state index contributed by atoms with van der Waals surface area (Å²) < 4.78 is 45.6. The standard InChI is InChI=1S/C27H33F3N4O2S/c1-15(17-8-7-9-19(21(17)28)27(29,30)25(3,4)36)31-24-18-14-20(37-22(18)16(2)32-33-24)23(35)26(5)10-12-34(6)13-11-26/h7-9,14-15,36H,10-13H2,1-6H3,(H,31,33)/t15-/m1/s1. The first-order valence-corrected chi connectivity index (χ1v) is 13.1.